The minimum absolute atomic E-state index is 0. The summed E-state index contributed by atoms with van der Waals surface area (Å²) >= 11 is 0. The minimum Gasteiger partial charge on any atom is -0.355 e. The number of amides is 1. The molecule has 1 aromatic heterocycles. The molecule has 0 unspecified atom stereocenters. The van der Waals surface area contributed by atoms with E-state index in [1.807, 2.05) is 30.3 Å². The van der Waals surface area contributed by atoms with Gasteiger partial charge < -0.3 is 9.88 Å². The average Bonchev–Trinajstić information content (AvgIpc) is 2.76. The summed E-state index contributed by atoms with van der Waals surface area (Å²) in [5.74, 6) is 0.270. The van der Waals surface area contributed by atoms with Gasteiger partial charge in [0.25, 0.3) is 11.5 Å². The van der Waals surface area contributed by atoms with Gasteiger partial charge in [-0.2, -0.15) is 0 Å². The molecule has 1 amide bonds. The normalized spacial score (nSPS) is 14.0. The molecule has 1 saturated carbocycles. The molecule has 2 aromatic rings. The second-order valence-corrected chi connectivity index (χ2v) is 7.96. The second kappa shape index (κ2) is 11.7. The van der Waals surface area contributed by atoms with Crippen molar-refractivity contribution in [2.24, 2.45) is 5.92 Å². The summed E-state index contributed by atoms with van der Waals surface area (Å²) < 4.78 is 1.47. The van der Waals surface area contributed by atoms with Crippen LogP contribution < -0.4 is 10.9 Å². The third kappa shape index (κ3) is 6.30. The van der Waals surface area contributed by atoms with Crippen LogP contribution in [0.25, 0.3) is 0 Å². The van der Waals surface area contributed by atoms with Gasteiger partial charge in [0.15, 0.2) is 5.78 Å². The number of aromatic nitrogens is 1. The lowest BCUT2D eigenvalue weighted by molar-refractivity contribution is 0.0961. The van der Waals surface area contributed by atoms with E-state index in [9.17, 15) is 14.4 Å². The number of Topliss-reactive ketones (excluding diaryl/α,β-unsaturated/α-hetero) is 1. The van der Waals surface area contributed by atoms with E-state index in [0.29, 0.717) is 18.5 Å². The Labute approximate surface area is 184 Å². The van der Waals surface area contributed by atoms with Gasteiger partial charge in [0.1, 0.15) is 5.56 Å². The van der Waals surface area contributed by atoms with Crippen LogP contribution in [0.1, 0.15) is 77.6 Å². The molecule has 0 spiro atoms. The average molecular weight is 431 g/mol. The minimum atomic E-state index is -0.464. The molecule has 1 fully saturated rings. The maximum Gasteiger partial charge on any atom is 0.263 e. The molecule has 162 valence electrons. The molecule has 30 heavy (non-hydrogen) atoms. The third-order valence-electron chi connectivity index (χ3n) is 5.82. The summed E-state index contributed by atoms with van der Waals surface area (Å²) in [5, 5.41) is 2.50. The van der Waals surface area contributed by atoms with Crippen LogP contribution in [0.4, 0.5) is 0 Å². The smallest absolute Gasteiger partial charge is 0.263 e. The summed E-state index contributed by atoms with van der Waals surface area (Å²) in [6.07, 6.45) is 10.5. The largest absolute Gasteiger partial charge is 0.355 e. The Hall–Kier alpha value is -2.40. The van der Waals surface area contributed by atoms with Crippen molar-refractivity contribution in [3.63, 3.8) is 0 Å². The molecule has 1 N–H and O–H groups in total. The van der Waals surface area contributed by atoms with Gasteiger partial charge in [-0.25, -0.2) is 0 Å². The van der Waals surface area contributed by atoms with E-state index in [0.717, 1.165) is 24.3 Å². The van der Waals surface area contributed by atoms with Gasteiger partial charge in [-0.3, -0.25) is 14.4 Å². The zero-order valence-corrected chi connectivity index (χ0v) is 18.4. The number of nitrogens with one attached hydrogen (secondary N) is 1. The standard InChI is InChI=1S/C24H30N2O3.ClH/c1-25-23(28)21-15-20(22(27)14-8-13-18-9-4-2-5-10-18)17-26(24(21)29)16-19-11-6-3-7-12-19;/h3,6-7,11-12,15,17-18H,2,4-5,8-10,13-14,16H2,1H3,(H,25,28);1H. The SMILES string of the molecule is CNC(=O)c1cc(C(=O)CCCC2CCCCC2)cn(Cc2ccccc2)c1=O.Cl. The predicted octanol–water partition coefficient (Wildman–Crippen LogP) is 4.61. The number of halogens is 1. The molecular weight excluding hydrogens is 400 g/mol. The molecule has 1 heterocycles. The zero-order chi connectivity index (χ0) is 20.6. The summed E-state index contributed by atoms with van der Waals surface area (Å²) in [7, 11) is 1.49. The van der Waals surface area contributed by atoms with E-state index >= 15 is 0 Å². The van der Waals surface area contributed by atoms with Crippen LogP contribution in [0, 0.1) is 5.92 Å². The van der Waals surface area contributed by atoms with Crippen LogP contribution in [0.5, 0.6) is 0 Å². The number of hydrogen-bond donors (Lipinski definition) is 1. The number of ketones is 1. The second-order valence-electron chi connectivity index (χ2n) is 7.96. The Morgan fingerprint density at radius 1 is 1.10 bits per heavy atom. The van der Waals surface area contributed by atoms with Gasteiger partial charge in [0.05, 0.1) is 6.54 Å². The van der Waals surface area contributed by atoms with Crippen LogP contribution >= 0.6 is 12.4 Å². The molecule has 3 rings (SSSR count). The first kappa shape index (κ1) is 23.9. The number of nitrogens with zero attached hydrogens (tertiary/aromatic N) is 1. The van der Waals surface area contributed by atoms with Crippen molar-refractivity contribution in [1.29, 1.82) is 0 Å². The van der Waals surface area contributed by atoms with Crippen molar-refractivity contribution in [3.8, 4) is 0 Å². The van der Waals surface area contributed by atoms with Crippen molar-refractivity contribution in [2.45, 2.75) is 57.9 Å². The number of rotatable bonds is 8. The first-order valence-corrected chi connectivity index (χ1v) is 10.6. The lowest BCUT2D eigenvalue weighted by Gasteiger charge is -2.21. The molecular formula is C24H31ClN2O3. The van der Waals surface area contributed by atoms with Gasteiger partial charge >= 0.3 is 0 Å². The fraction of sp³-hybridized carbons (Fsp3) is 0.458. The highest BCUT2D eigenvalue weighted by molar-refractivity contribution is 6.00. The van der Waals surface area contributed by atoms with Gasteiger partial charge in [-0.1, -0.05) is 68.9 Å². The quantitative estimate of drug-likeness (QED) is 0.621. The number of benzene rings is 1. The topological polar surface area (TPSA) is 68.2 Å². The van der Waals surface area contributed by atoms with Gasteiger partial charge in [-0.05, 0) is 24.0 Å². The predicted molar refractivity (Wildman–Crippen MR) is 122 cm³/mol. The van der Waals surface area contributed by atoms with Crippen molar-refractivity contribution >= 4 is 24.1 Å². The van der Waals surface area contributed by atoms with Crippen LogP contribution in [-0.2, 0) is 6.54 Å². The van der Waals surface area contributed by atoms with E-state index in [1.165, 1.54) is 49.8 Å². The Balaban J connectivity index is 0.00000320. The van der Waals surface area contributed by atoms with E-state index in [-0.39, 0.29) is 29.3 Å². The fourth-order valence-corrected chi connectivity index (χ4v) is 4.15. The summed E-state index contributed by atoms with van der Waals surface area (Å²) in [5.41, 5.74) is 1.01. The Kier molecular flexibility index (Phi) is 9.31. The van der Waals surface area contributed by atoms with Crippen molar-refractivity contribution in [1.82, 2.24) is 9.88 Å². The summed E-state index contributed by atoms with van der Waals surface area (Å²) in [6, 6.07) is 11.0. The zero-order valence-electron chi connectivity index (χ0n) is 17.6. The van der Waals surface area contributed by atoms with Gasteiger partial charge in [0, 0.05) is 25.2 Å². The van der Waals surface area contributed by atoms with Crippen LogP contribution in [-0.4, -0.2) is 23.3 Å². The van der Waals surface area contributed by atoms with Crippen LogP contribution in [0.3, 0.4) is 0 Å². The highest BCUT2D eigenvalue weighted by atomic mass is 35.5. The lowest BCUT2D eigenvalue weighted by Crippen LogP contribution is -2.32. The molecule has 1 aromatic carbocycles. The molecule has 0 atom stereocenters. The maximum absolute atomic E-state index is 12.8. The monoisotopic (exact) mass is 430 g/mol. The first-order chi connectivity index (χ1) is 14.1. The first-order valence-electron chi connectivity index (χ1n) is 10.6. The fourth-order valence-electron chi connectivity index (χ4n) is 4.15. The molecule has 0 radical (unpaired) electrons. The molecule has 5 nitrogen and oxygen atoms in total. The number of pyridine rings is 1. The highest BCUT2D eigenvalue weighted by Crippen LogP contribution is 2.28. The summed E-state index contributed by atoms with van der Waals surface area (Å²) in [4.78, 5) is 37.8. The molecule has 0 aliphatic heterocycles. The molecule has 0 saturated heterocycles. The number of carbonyl (C=O) groups excluding carboxylic acids is 2. The highest BCUT2D eigenvalue weighted by Gasteiger charge is 2.18. The molecule has 0 bridgehead atoms. The van der Waals surface area contributed by atoms with E-state index in [1.54, 1.807) is 6.20 Å². The van der Waals surface area contributed by atoms with Crippen LogP contribution in [0.2, 0.25) is 0 Å². The Morgan fingerprint density at radius 2 is 1.80 bits per heavy atom. The molecule has 1 aliphatic carbocycles. The number of carbonyl (C=O) groups is 2. The summed E-state index contributed by atoms with van der Waals surface area (Å²) in [6.45, 7) is 0.326. The van der Waals surface area contributed by atoms with Gasteiger partial charge in [0.2, 0.25) is 0 Å². The van der Waals surface area contributed by atoms with E-state index in [2.05, 4.69) is 5.32 Å². The number of hydrogen-bond acceptors (Lipinski definition) is 3. The van der Waals surface area contributed by atoms with E-state index < -0.39 is 5.91 Å². The van der Waals surface area contributed by atoms with Crippen molar-refractivity contribution in [3.05, 3.63) is 69.6 Å². The molecule has 6 heteroatoms. The molecule has 1 aliphatic rings. The Bertz CT molecular complexity index is 902. The third-order valence-corrected chi connectivity index (χ3v) is 5.82. The van der Waals surface area contributed by atoms with Crippen LogP contribution in [0.15, 0.2) is 47.4 Å². The Morgan fingerprint density at radius 3 is 2.47 bits per heavy atom. The van der Waals surface area contributed by atoms with Crippen molar-refractivity contribution in [2.75, 3.05) is 7.05 Å². The van der Waals surface area contributed by atoms with Crippen molar-refractivity contribution < 1.29 is 9.59 Å². The maximum atomic E-state index is 12.8. The van der Waals surface area contributed by atoms with Gasteiger partial charge in [-0.15, -0.1) is 12.4 Å². The van der Waals surface area contributed by atoms with E-state index in [4.69, 9.17) is 0 Å². The lowest BCUT2D eigenvalue weighted by atomic mass is 9.85.